The number of carboxylic acid groups (broad SMARTS) is 3. The molecule has 5 heterocycles. The molecule has 0 saturated heterocycles. The van der Waals surface area contributed by atoms with Crippen LogP contribution in [0.4, 0.5) is 0 Å². The number of carboxylic acids is 3. The van der Waals surface area contributed by atoms with Crippen molar-refractivity contribution < 1.29 is 60.3 Å². The Morgan fingerprint density at radius 3 is 1.41 bits per heavy atom. The monoisotopic (exact) mass is 760 g/mol. The first-order valence-corrected chi connectivity index (χ1v) is 15.8. The molecule has 49 heavy (non-hydrogen) atoms. The average Bonchev–Trinajstić information content (AvgIpc) is 3.68. The molecule has 0 unspecified atom stereocenters. The third-order valence-electron chi connectivity index (χ3n) is 9.07. The van der Waals surface area contributed by atoms with Crippen molar-refractivity contribution in [3.05, 3.63) is 69.3 Å². The molecule has 8 bridgehead atoms. The number of rotatable bonds is 13. The van der Waals surface area contributed by atoms with Crippen LogP contribution in [-0.4, -0.2) is 55.1 Å². The molecule has 0 atom stereocenters. The SMILES string of the molecule is CC1=C(CCC(=O)O)c2cc3[n-]c(cc4nc(cc5[n-]c(cc1n2)c(CCC(=O)O)c5C)C(CCC(=O)O)=C4C)c(CCCOO)c3C.[Pd+2]. The second-order valence-electron chi connectivity index (χ2n) is 12.1. The van der Waals surface area contributed by atoms with Gasteiger partial charge in [-0.05, 0) is 82.1 Å². The van der Waals surface area contributed by atoms with Gasteiger partial charge in [0.05, 0.1) is 29.4 Å². The molecule has 0 amide bonds. The van der Waals surface area contributed by atoms with Crippen LogP contribution in [0.25, 0.3) is 44.4 Å². The minimum Gasteiger partial charge on any atom is -0.657 e. The van der Waals surface area contributed by atoms with Gasteiger partial charge in [0.1, 0.15) is 0 Å². The minimum atomic E-state index is -0.939. The molecule has 3 aromatic heterocycles. The number of aromatic nitrogens is 4. The van der Waals surface area contributed by atoms with Gasteiger partial charge in [-0.3, -0.25) is 19.6 Å². The number of hydrogen-bond donors (Lipinski definition) is 4. The van der Waals surface area contributed by atoms with Gasteiger partial charge in [0.15, 0.2) is 0 Å². The fourth-order valence-corrected chi connectivity index (χ4v) is 6.34. The zero-order valence-electron chi connectivity index (χ0n) is 27.7. The van der Waals surface area contributed by atoms with Crippen molar-refractivity contribution in [2.45, 2.75) is 79.1 Å². The zero-order chi connectivity index (χ0) is 34.7. The number of aliphatic carboxylic acids is 3. The van der Waals surface area contributed by atoms with E-state index >= 15 is 0 Å². The molecule has 0 saturated carbocycles. The fraction of sp³-hybridized carbons (Fsp3) is 0.361. The smallest absolute Gasteiger partial charge is 0.657 e. The Morgan fingerprint density at radius 2 is 1.00 bits per heavy atom. The number of fused-ring (bicyclic) bond motifs is 8. The van der Waals surface area contributed by atoms with Crippen LogP contribution in [0.5, 0.6) is 0 Å². The van der Waals surface area contributed by atoms with Crippen LogP contribution in [0.15, 0.2) is 24.3 Å². The van der Waals surface area contributed by atoms with Crippen molar-refractivity contribution in [1.29, 1.82) is 0 Å². The fourth-order valence-electron chi connectivity index (χ4n) is 6.34. The largest absolute Gasteiger partial charge is 2.00 e. The topological polar surface area (TPSA) is 195 Å². The summed E-state index contributed by atoms with van der Waals surface area (Å²) in [6.45, 7) is 7.76. The number of hydrogen-bond acceptors (Lipinski definition) is 7. The molecule has 0 aromatic carbocycles. The Labute approximate surface area is 296 Å². The summed E-state index contributed by atoms with van der Waals surface area (Å²) in [5.74, 6) is -2.80. The van der Waals surface area contributed by atoms with E-state index in [0.29, 0.717) is 57.7 Å². The molecule has 3 aromatic rings. The zero-order valence-corrected chi connectivity index (χ0v) is 29.3. The average molecular weight is 761 g/mol. The van der Waals surface area contributed by atoms with Crippen LogP contribution < -0.4 is 9.97 Å². The molecule has 5 rings (SSSR count). The predicted octanol–water partition coefficient (Wildman–Crippen LogP) is 6.22. The normalized spacial score (nSPS) is 12.8. The summed E-state index contributed by atoms with van der Waals surface area (Å²) in [4.78, 5) is 58.9. The summed E-state index contributed by atoms with van der Waals surface area (Å²) >= 11 is 0. The Hall–Kier alpha value is -4.41. The maximum absolute atomic E-state index is 11.6. The standard InChI is InChI=1S/C36H40N4O8.Pd/c1-18-22(6-5-13-48-47)30-14-27-19(2)23(7-10-34(41)42)32(38-27)16-29-21(4)25(9-12-36(45)46)33(40-29)17-28-20(3)24(8-11-35(43)44)31(39-28)15-26(18)37-30;/h14-17H,5-13H2,1-4H3,(H6,37,38,39,40,41,42,43,44,45,46,47);/q;+2/p-2. The van der Waals surface area contributed by atoms with E-state index in [4.69, 9.17) is 25.2 Å². The van der Waals surface area contributed by atoms with Crippen LogP contribution in [0.3, 0.4) is 0 Å². The molecular weight excluding hydrogens is 723 g/mol. The van der Waals surface area contributed by atoms with Crippen LogP contribution in [0, 0.1) is 13.8 Å². The van der Waals surface area contributed by atoms with Gasteiger partial charge in [-0.1, -0.05) is 46.5 Å². The van der Waals surface area contributed by atoms with Crippen LogP contribution in [0.2, 0.25) is 0 Å². The third kappa shape index (κ3) is 8.25. The maximum atomic E-state index is 11.6. The van der Waals surface area contributed by atoms with Crippen molar-refractivity contribution >= 4 is 62.3 Å². The molecule has 0 aliphatic carbocycles. The summed E-state index contributed by atoms with van der Waals surface area (Å²) in [5.41, 5.74) is 11.4. The number of allylic oxidation sites excluding steroid dienone is 4. The van der Waals surface area contributed by atoms with Crippen LogP contribution in [0.1, 0.15) is 97.4 Å². The van der Waals surface area contributed by atoms with Gasteiger partial charge in [0.2, 0.25) is 0 Å². The third-order valence-corrected chi connectivity index (χ3v) is 9.07. The first-order valence-electron chi connectivity index (χ1n) is 15.8. The van der Waals surface area contributed by atoms with E-state index in [1.807, 2.05) is 52.0 Å². The molecule has 0 spiro atoms. The van der Waals surface area contributed by atoms with Gasteiger partial charge >= 0.3 is 38.3 Å². The quantitative estimate of drug-likeness (QED) is 0.0666. The Bertz CT molecular complexity index is 2040. The van der Waals surface area contributed by atoms with Crippen molar-refractivity contribution in [1.82, 2.24) is 19.9 Å². The van der Waals surface area contributed by atoms with Crippen molar-refractivity contribution in [2.24, 2.45) is 0 Å². The summed E-state index contributed by atoms with van der Waals surface area (Å²) in [6.07, 6.45) is 1.56. The van der Waals surface area contributed by atoms with E-state index in [9.17, 15) is 29.7 Å². The Balaban J connectivity index is 0.00000541. The molecule has 0 radical (unpaired) electrons. The van der Waals surface area contributed by atoms with Gasteiger partial charge in [-0.2, -0.15) is 0 Å². The van der Waals surface area contributed by atoms with E-state index in [1.54, 1.807) is 0 Å². The van der Waals surface area contributed by atoms with Crippen molar-refractivity contribution in [3.8, 4) is 0 Å². The summed E-state index contributed by atoms with van der Waals surface area (Å²) in [6, 6.07) is 7.37. The molecule has 2 aliphatic heterocycles. The predicted molar refractivity (Wildman–Crippen MR) is 180 cm³/mol. The Morgan fingerprint density at radius 1 is 0.612 bits per heavy atom. The second kappa shape index (κ2) is 15.9. The molecule has 13 heteroatoms. The van der Waals surface area contributed by atoms with Crippen molar-refractivity contribution in [3.63, 3.8) is 0 Å². The number of aryl methyl sites for hydroxylation is 4. The van der Waals surface area contributed by atoms with Gasteiger partial charge in [0.25, 0.3) is 0 Å². The van der Waals surface area contributed by atoms with Crippen LogP contribution >= 0.6 is 0 Å². The van der Waals surface area contributed by atoms with Crippen LogP contribution in [-0.2, 0) is 52.5 Å². The van der Waals surface area contributed by atoms with Gasteiger partial charge < -0.3 is 25.3 Å². The number of nitrogens with zero attached hydrogens (tertiary/aromatic N) is 4. The van der Waals surface area contributed by atoms with Crippen molar-refractivity contribution in [2.75, 3.05) is 6.61 Å². The summed E-state index contributed by atoms with van der Waals surface area (Å²) in [7, 11) is 0. The second-order valence-corrected chi connectivity index (χ2v) is 12.1. The number of carbonyl (C=O) groups is 3. The van der Waals surface area contributed by atoms with Gasteiger partial charge in [0, 0.05) is 19.3 Å². The first kappa shape index (κ1) is 37.4. The van der Waals surface area contributed by atoms with E-state index < -0.39 is 17.9 Å². The summed E-state index contributed by atoms with van der Waals surface area (Å²) < 4.78 is 0. The molecule has 0 fully saturated rings. The molecule has 260 valence electrons. The van der Waals surface area contributed by atoms with Gasteiger partial charge in [-0.15, -0.1) is 22.1 Å². The summed E-state index contributed by atoms with van der Waals surface area (Å²) in [5, 5.41) is 37.5. The minimum absolute atomic E-state index is 0. The van der Waals surface area contributed by atoms with E-state index in [-0.39, 0.29) is 65.6 Å². The van der Waals surface area contributed by atoms with Gasteiger partial charge in [-0.25, -0.2) is 14.9 Å². The van der Waals surface area contributed by atoms with E-state index in [0.717, 1.165) is 44.5 Å². The van der Waals surface area contributed by atoms with E-state index in [1.165, 1.54) is 0 Å². The maximum Gasteiger partial charge on any atom is 2.00 e. The first-order chi connectivity index (χ1) is 22.9. The molecule has 2 aliphatic rings. The molecular formula is C36H38N4O8Pd. The molecule has 12 nitrogen and oxygen atoms in total. The molecule has 4 N–H and O–H groups in total. The van der Waals surface area contributed by atoms with E-state index in [2.05, 4.69) is 4.89 Å². The Kier molecular flexibility index (Phi) is 12.1.